The van der Waals surface area contributed by atoms with E-state index in [4.69, 9.17) is 9.47 Å². The molecule has 21 heavy (non-hydrogen) atoms. The Kier molecular flexibility index (Phi) is 4.85. The summed E-state index contributed by atoms with van der Waals surface area (Å²) in [6, 6.07) is 9.54. The van der Waals surface area contributed by atoms with E-state index < -0.39 is 17.4 Å². The molecule has 2 N–H and O–H groups in total. The molecule has 0 aliphatic heterocycles. The van der Waals surface area contributed by atoms with Crippen molar-refractivity contribution in [1.29, 1.82) is 0 Å². The molecule has 1 aliphatic rings. The summed E-state index contributed by atoms with van der Waals surface area (Å²) >= 11 is 0. The lowest BCUT2D eigenvalue weighted by Gasteiger charge is -2.50. The number of hydrogen-bond donors (Lipinski definition) is 2. The first-order valence-electron chi connectivity index (χ1n) is 7.27. The zero-order valence-electron chi connectivity index (χ0n) is 12.6. The van der Waals surface area contributed by atoms with Crippen molar-refractivity contribution >= 4 is 6.09 Å². The molecule has 5 heteroatoms. The number of hydrogen-bond acceptors (Lipinski definition) is 3. The van der Waals surface area contributed by atoms with Crippen molar-refractivity contribution in [1.82, 2.24) is 5.32 Å². The van der Waals surface area contributed by atoms with E-state index in [2.05, 4.69) is 5.32 Å². The minimum Gasteiger partial charge on any atom is -0.465 e. The van der Waals surface area contributed by atoms with Crippen LogP contribution in [0.3, 0.4) is 0 Å². The SMILES string of the molecule is COC(OC)(c1ccccc1)C1(NC(=O)O)CCCCC1. The Labute approximate surface area is 125 Å². The summed E-state index contributed by atoms with van der Waals surface area (Å²) in [5.41, 5.74) is 0.0488. The molecular formula is C16H23NO4. The molecule has 1 amide bonds. The van der Waals surface area contributed by atoms with Crippen LogP contribution in [0.15, 0.2) is 30.3 Å². The van der Waals surface area contributed by atoms with Crippen LogP contribution in [0.4, 0.5) is 4.79 Å². The number of amides is 1. The third kappa shape index (κ3) is 2.76. The van der Waals surface area contributed by atoms with E-state index in [1.807, 2.05) is 30.3 Å². The Hall–Kier alpha value is -1.59. The number of methoxy groups -OCH3 is 2. The second kappa shape index (κ2) is 6.45. The highest BCUT2D eigenvalue weighted by Gasteiger charge is 2.55. The fourth-order valence-electron chi connectivity index (χ4n) is 3.54. The quantitative estimate of drug-likeness (QED) is 0.819. The van der Waals surface area contributed by atoms with Crippen LogP contribution in [-0.2, 0) is 15.3 Å². The zero-order valence-corrected chi connectivity index (χ0v) is 12.6. The fraction of sp³-hybridized carbons (Fsp3) is 0.562. The van der Waals surface area contributed by atoms with E-state index in [0.717, 1.165) is 24.8 Å². The van der Waals surface area contributed by atoms with Crippen LogP contribution in [0.5, 0.6) is 0 Å². The number of carboxylic acid groups (broad SMARTS) is 1. The van der Waals surface area contributed by atoms with Gasteiger partial charge < -0.3 is 19.9 Å². The van der Waals surface area contributed by atoms with E-state index >= 15 is 0 Å². The molecule has 0 saturated heterocycles. The minimum atomic E-state index is -1.12. The van der Waals surface area contributed by atoms with Gasteiger partial charge in [0.2, 0.25) is 5.79 Å². The molecule has 116 valence electrons. The standard InChI is InChI=1S/C16H23NO4/c1-20-16(21-2,13-9-5-3-6-10-13)15(17-14(18)19)11-7-4-8-12-15/h3,5-6,9-10,17H,4,7-8,11-12H2,1-2H3,(H,18,19). The maximum Gasteiger partial charge on any atom is 0.405 e. The Morgan fingerprint density at radius 1 is 1.14 bits per heavy atom. The lowest BCUT2D eigenvalue weighted by molar-refractivity contribution is -0.270. The monoisotopic (exact) mass is 293 g/mol. The second-order valence-corrected chi connectivity index (χ2v) is 5.46. The van der Waals surface area contributed by atoms with Crippen molar-refractivity contribution in [3.05, 3.63) is 35.9 Å². The van der Waals surface area contributed by atoms with Crippen molar-refractivity contribution in [2.75, 3.05) is 14.2 Å². The van der Waals surface area contributed by atoms with Gasteiger partial charge in [0.25, 0.3) is 0 Å². The smallest absolute Gasteiger partial charge is 0.405 e. The Morgan fingerprint density at radius 3 is 2.19 bits per heavy atom. The Bertz CT molecular complexity index is 464. The van der Waals surface area contributed by atoms with Gasteiger partial charge in [0.1, 0.15) is 5.54 Å². The third-order valence-corrected chi connectivity index (χ3v) is 4.41. The summed E-state index contributed by atoms with van der Waals surface area (Å²) in [4.78, 5) is 11.4. The van der Waals surface area contributed by atoms with Crippen LogP contribution in [0, 0.1) is 0 Å². The third-order valence-electron chi connectivity index (χ3n) is 4.41. The van der Waals surface area contributed by atoms with Gasteiger partial charge in [-0.1, -0.05) is 49.6 Å². The number of rotatable bonds is 5. The lowest BCUT2D eigenvalue weighted by Crippen LogP contribution is -2.64. The van der Waals surface area contributed by atoms with Crippen molar-refractivity contribution in [3.63, 3.8) is 0 Å². The summed E-state index contributed by atoms with van der Waals surface area (Å²) in [5.74, 6) is -1.12. The van der Waals surface area contributed by atoms with Crippen molar-refractivity contribution < 1.29 is 19.4 Å². The van der Waals surface area contributed by atoms with Crippen LogP contribution in [-0.4, -0.2) is 31.0 Å². The number of carbonyl (C=O) groups is 1. The second-order valence-electron chi connectivity index (χ2n) is 5.46. The molecule has 1 aliphatic carbocycles. The highest BCUT2D eigenvalue weighted by molar-refractivity contribution is 5.66. The van der Waals surface area contributed by atoms with Crippen molar-refractivity contribution in [2.24, 2.45) is 0 Å². The zero-order chi connectivity index (χ0) is 15.3. The topological polar surface area (TPSA) is 67.8 Å². The normalized spacial score (nSPS) is 18.2. The Morgan fingerprint density at radius 2 is 1.71 bits per heavy atom. The van der Waals surface area contributed by atoms with Gasteiger partial charge in [-0.2, -0.15) is 0 Å². The van der Waals surface area contributed by atoms with E-state index in [9.17, 15) is 9.90 Å². The average molecular weight is 293 g/mol. The molecule has 0 aromatic heterocycles. The number of nitrogens with one attached hydrogen (secondary N) is 1. The van der Waals surface area contributed by atoms with Crippen LogP contribution >= 0.6 is 0 Å². The van der Waals surface area contributed by atoms with Gasteiger partial charge in [0, 0.05) is 19.8 Å². The molecule has 0 unspecified atom stereocenters. The van der Waals surface area contributed by atoms with Crippen molar-refractivity contribution in [3.8, 4) is 0 Å². The fourth-order valence-corrected chi connectivity index (χ4v) is 3.54. The largest absolute Gasteiger partial charge is 0.465 e. The first-order valence-corrected chi connectivity index (χ1v) is 7.27. The molecule has 0 heterocycles. The molecule has 2 rings (SSSR count). The van der Waals surface area contributed by atoms with Gasteiger partial charge in [-0.05, 0) is 12.8 Å². The highest BCUT2D eigenvalue weighted by Crippen LogP contribution is 2.45. The van der Waals surface area contributed by atoms with Gasteiger partial charge >= 0.3 is 6.09 Å². The van der Waals surface area contributed by atoms with Crippen LogP contribution in [0.1, 0.15) is 37.7 Å². The van der Waals surface area contributed by atoms with Crippen LogP contribution in [0.2, 0.25) is 0 Å². The predicted molar refractivity (Wildman–Crippen MR) is 79.1 cm³/mol. The van der Waals surface area contributed by atoms with E-state index in [1.165, 1.54) is 0 Å². The first kappa shape index (κ1) is 15.8. The van der Waals surface area contributed by atoms with Crippen molar-refractivity contribution in [2.45, 2.75) is 43.4 Å². The summed E-state index contributed by atoms with van der Waals surface area (Å²) < 4.78 is 11.5. The minimum absolute atomic E-state index is 0.690. The first-order chi connectivity index (χ1) is 10.1. The highest BCUT2D eigenvalue weighted by atomic mass is 16.7. The van der Waals surface area contributed by atoms with E-state index in [1.54, 1.807) is 14.2 Å². The molecule has 5 nitrogen and oxygen atoms in total. The van der Waals surface area contributed by atoms with E-state index in [0.29, 0.717) is 12.8 Å². The van der Waals surface area contributed by atoms with Gasteiger partial charge in [-0.15, -0.1) is 0 Å². The number of ether oxygens (including phenoxy) is 2. The molecule has 1 saturated carbocycles. The molecule has 1 aromatic carbocycles. The van der Waals surface area contributed by atoms with Gasteiger partial charge in [0.15, 0.2) is 0 Å². The summed E-state index contributed by atoms with van der Waals surface area (Å²) in [7, 11) is 3.13. The maximum atomic E-state index is 11.4. The summed E-state index contributed by atoms with van der Waals surface area (Å²) in [6.07, 6.45) is 3.32. The predicted octanol–water partition coefficient (Wildman–Crippen LogP) is 3.10. The average Bonchev–Trinajstić information content (AvgIpc) is 2.50. The molecule has 1 aromatic rings. The molecule has 0 atom stereocenters. The van der Waals surface area contributed by atoms with Gasteiger partial charge in [-0.3, -0.25) is 0 Å². The summed E-state index contributed by atoms with van der Waals surface area (Å²) in [6.45, 7) is 0. The van der Waals surface area contributed by atoms with Crippen LogP contribution in [0.25, 0.3) is 0 Å². The molecule has 0 bridgehead atoms. The summed E-state index contributed by atoms with van der Waals surface area (Å²) in [5, 5.41) is 12.0. The lowest BCUT2D eigenvalue weighted by atomic mass is 9.72. The maximum absolute atomic E-state index is 11.4. The van der Waals surface area contributed by atoms with Gasteiger partial charge in [-0.25, -0.2) is 4.79 Å². The number of benzene rings is 1. The Balaban J connectivity index is 2.52. The molecular weight excluding hydrogens is 270 g/mol. The van der Waals surface area contributed by atoms with E-state index in [-0.39, 0.29) is 0 Å². The molecule has 0 spiro atoms. The molecule has 0 radical (unpaired) electrons. The van der Waals surface area contributed by atoms with Gasteiger partial charge in [0.05, 0.1) is 0 Å². The molecule has 1 fully saturated rings. The van der Waals surface area contributed by atoms with Crippen LogP contribution < -0.4 is 5.32 Å².